The van der Waals surface area contributed by atoms with E-state index in [9.17, 15) is 0 Å². The monoisotopic (exact) mass is 218 g/mol. The zero-order valence-corrected chi connectivity index (χ0v) is 8.36. The molecule has 0 radical (unpaired) electrons. The maximum absolute atomic E-state index is 8.63. The molecule has 15 heavy (non-hydrogen) atoms. The van der Waals surface area contributed by atoms with E-state index in [1.54, 1.807) is 12.3 Å². The van der Waals surface area contributed by atoms with E-state index in [2.05, 4.69) is 9.97 Å². The van der Waals surface area contributed by atoms with Gasteiger partial charge in [-0.25, -0.2) is 9.97 Å². The molecule has 0 spiro atoms. The lowest BCUT2D eigenvalue weighted by molar-refractivity contribution is 0.454. The van der Waals surface area contributed by atoms with Gasteiger partial charge in [-0.2, -0.15) is 5.26 Å². The van der Waals surface area contributed by atoms with Gasteiger partial charge in [0.25, 0.3) is 5.22 Å². The van der Waals surface area contributed by atoms with Crippen molar-refractivity contribution in [1.82, 2.24) is 9.97 Å². The summed E-state index contributed by atoms with van der Waals surface area (Å²) in [7, 11) is 0. The van der Waals surface area contributed by atoms with Crippen molar-refractivity contribution in [2.24, 2.45) is 0 Å². The summed E-state index contributed by atoms with van der Waals surface area (Å²) in [6, 6.07) is 3.53. The fourth-order valence-corrected chi connectivity index (χ4v) is 1.62. The molecule has 2 aromatic heterocycles. The van der Waals surface area contributed by atoms with Crippen molar-refractivity contribution in [1.29, 1.82) is 5.26 Å². The molecule has 0 bridgehead atoms. The molecular weight excluding hydrogens is 212 g/mol. The Labute approximate surface area is 89.9 Å². The number of nitriles is 1. The number of nitrogens with zero attached hydrogens (tertiary/aromatic N) is 3. The van der Waals surface area contributed by atoms with Crippen molar-refractivity contribution < 1.29 is 4.42 Å². The first-order chi connectivity index (χ1) is 7.29. The Hall–Kier alpha value is -2.00. The molecule has 0 aliphatic rings. The standard InChI is InChI=1S/C9H6N4OS/c10-4-6-3-7(11)8(13-5-6)15-9-12-1-2-14-9/h1-3,5H,11H2. The van der Waals surface area contributed by atoms with E-state index in [1.165, 1.54) is 24.2 Å². The Morgan fingerprint density at radius 1 is 1.47 bits per heavy atom. The van der Waals surface area contributed by atoms with Gasteiger partial charge in [-0.15, -0.1) is 0 Å². The third-order valence-corrected chi connectivity index (χ3v) is 2.51. The van der Waals surface area contributed by atoms with E-state index in [0.717, 1.165) is 0 Å². The second kappa shape index (κ2) is 4.02. The van der Waals surface area contributed by atoms with Gasteiger partial charge >= 0.3 is 0 Å². The van der Waals surface area contributed by atoms with Crippen molar-refractivity contribution >= 4 is 17.4 Å². The number of aromatic nitrogens is 2. The lowest BCUT2D eigenvalue weighted by atomic mass is 10.3. The van der Waals surface area contributed by atoms with E-state index < -0.39 is 0 Å². The van der Waals surface area contributed by atoms with Gasteiger partial charge in [-0.05, 0) is 17.8 Å². The molecule has 0 amide bonds. The van der Waals surface area contributed by atoms with Crippen LogP contribution in [0, 0.1) is 11.3 Å². The third-order valence-electron chi connectivity index (χ3n) is 1.60. The van der Waals surface area contributed by atoms with Gasteiger partial charge in [0.15, 0.2) is 0 Å². The average molecular weight is 218 g/mol. The molecule has 2 aromatic rings. The molecular formula is C9H6N4OS. The number of nitrogens with two attached hydrogens (primary N) is 1. The Bertz CT molecular complexity index is 503. The van der Waals surface area contributed by atoms with E-state index in [4.69, 9.17) is 15.4 Å². The molecule has 0 saturated heterocycles. The maximum atomic E-state index is 8.63. The molecule has 0 aromatic carbocycles. The molecule has 5 nitrogen and oxygen atoms in total. The first-order valence-electron chi connectivity index (χ1n) is 4.02. The summed E-state index contributed by atoms with van der Waals surface area (Å²) in [5.74, 6) is 0. The number of nitrogen functional groups attached to an aromatic ring is 1. The highest BCUT2D eigenvalue weighted by molar-refractivity contribution is 7.99. The summed E-state index contributed by atoms with van der Waals surface area (Å²) in [4.78, 5) is 7.97. The van der Waals surface area contributed by atoms with E-state index in [1.807, 2.05) is 6.07 Å². The predicted octanol–water partition coefficient (Wildman–Crippen LogP) is 1.67. The highest BCUT2D eigenvalue weighted by atomic mass is 32.2. The Balaban J connectivity index is 2.27. The summed E-state index contributed by atoms with van der Waals surface area (Å²) < 4.78 is 5.04. The molecule has 74 valence electrons. The largest absolute Gasteiger partial charge is 0.440 e. The zero-order valence-electron chi connectivity index (χ0n) is 7.54. The number of anilines is 1. The Morgan fingerprint density at radius 2 is 2.33 bits per heavy atom. The van der Waals surface area contributed by atoms with Crippen LogP contribution in [-0.2, 0) is 0 Å². The lowest BCUT2D eigenvalue weighted by Crippen LogP contribution is -1.93. The van der Waals surface area contributed by atoms with Gasteiger partial charge in [0.05, 0.1) is 17.4 Å². The molecule has 0 atom stereocenters. The first kappa shape index (κ1) is 9.55. The lowest BCUT2D eigenvalue weighted by Gasteiger charge is -2.00. The van der Waals surface area contributed by atoms with Crippen LogP contribution in [0.2, 0.25) is 0 Å². The molecule has 0 saturated carbocycles. The molecule has 0 aliphatic carbocycles. The first-order valence-corrected chi connectivity index (χ1v) is 4.84. The third kappa shape index (κ3) is 2.08. The van der Waals surface area contributed by atoms with Crippen molar-refractivity contribution in [3.8, 4) is 6.07 Å². The number of hydrogen-bond acceptors (Lipinski definition) is 6. The van der Waals surface area contributed by atoms with Crippen LogP contribution < -0.4 is 5.73 Å². The summed E-state index contributed by atoms with van der Waals surface area (Å²) in [6.07, 6.45) is 4.48. The second-order valence-corrected chi connectivity index (χ2v) is 3.57. The quantitative estimate of drug-likeness (QED) is 0.824. The normalized spacial score (nSPS) is 9.80. The molecule has 0 unspecified atom stereocenters. The van der Waals surface area contributed by atoms with Gasteiger partial charge in [-0.3, -0.25) is 0 Å². The Morgan fingerprint density at radius 3 is 2.93 bits per heavy atom. The molecule has 2 rings (SSSR count). The Kier molecular flexibility index (Phi) is 2.56. The van der Waals surface area contributed by atoms with Crippen LogP contribution in [0.15, 0.2) is 39.4 Å². The fourth-order valence-electron chi connectivity index (χ4n) is 0.959. The van der Waals surface area contributed by atoms with Crippen LogP contribution in [0.25, 0.3) is 0 Å². The van der Waals surface area contributed by atoms with Crippen molar-refractivity contribution in [3.05, 3.63) is 30.3 Å². The van der Waals surface area contributed by atoms with E-state index in [0.29, 0.717) is 21.5 Å². The predicted molar refractivity (Wildman–Crippen MR) is 54.0 cm³/mol. The summed E-state index contributed by atoms with van der Waals surface area (Å²) in [6.45, 7) is 0. The maximum Gasteiger partial charge on any atom is 0.262 e. The van der Waals surface area contributed by atoms with Crippen LogP contribution in [0.3, 0.4) is 0 Å². The minimum Gasteiger partial charge on any atom is -0.440 e. The zero-order chi connectivity index (χ0) is 10.7. The number of oxazole rings is 1. The number of rotatable bonds is 2. The summed E-state index contributed by atoms with van der Waals surface area (Å²) in [5.41, 5.74) is 6.59. The summed E-state index contributed by atoms with van der Waals surface area (Å²) in [5, 5.41) is 9.68. The van der Waals surface area contributed by atoms with Crippen LogP contribution in [-0.4, -0.2) is 9.97 Å². The van der Waals surface area contributed by atoms with Gasteiger partial charge in [0.2, 0.25) is 0 Å². The topological polar surface area (TPSA) is 88.7 Å². The fraction of sp³-hybridized carbons (Fsp3) is 0. The molecule has 6 heteroatoms. The van der Waals surface area contributed by atoms with Crippen molar-refractivity contribution in [2.75, 3.05) is 5.73 Å². The molecule has 0 fully saturated rings. The second-order valence-electron chi connectivity index (χ2n) is 2.63. The number of hydrogen-bond donors (Lipinski definition) is 1. The number of pyridine rings is 1. The molecule has 2 N–H and O–H groups in total. The minimum atomic E-state index is 0.434. The minimum absolute atomic E-state index is 0.434. The highest BCUT2D eigenvalue weighted by Gasteiger charge is 2.07. The molecule has 0 aliphatic heterocycles. The highest BCUT2D eigenvalue weighted by Crippen LogP contribution is 2.28. The van der Waals surface area contributed by atoms with Gasteiger partial charge in [-0.1, -0.05) is 0 Å². The molecule has 2 heterocycles. The SMILES string of the molecule is N#Cc1cnc(Sc2ncco2)c(N)c1. The van der Waals surface area contributed by atoms with Crippen LogP contribution in [0.5, 0.6) is 0 Å². The van der Waals surface area contributed by atoms with Crippen molar-refractivity contribution in [2.45, 2.75) is 10.2 Å². The average Bonchev–Trinajstić information content (AvgIpc) is 2.74. The summed E-state index contributed by atoms with van der Waals surface area (Å²) >= 11 is 1.22. The van der Waals surface area contributed by atoms with Crippen LogP contribution >= 0.6 is 11.8 Å². The van der Waals surface area contributed by atoms with Gasteiger partial charge in [0, 0.05) is 6.20 Å². The van der Waals surface area contributed by atoms with E-state index >= 15 is 0 Å². The van der Waals surface area contributed by atoms with Gasteiger partial charge in [0.1, 0.15) is 17.4 Å². The smallest absolute Gasteiger partial charge is 0.262 e. The van der Waals surface area contributed by atoms with Gasteiger partial charge < -0.3 is 10.2 Å². The van der Waals surface area contributed by atoms with Crippen LogP contribution in [0.1, 0.15) is 5.56 Å². The van der Waals surface area contributed by atoms with Crippen LogP contribution in [0.4, 0.5) is 5.69 Å². The van der Waals surface area contributed by atoms with Crippen molar-refractivity contribution in [3.63, 3.8) is 0 Å². The van der Waals surface area contributed by atoms with E-state index in [-0.39, 0.29) is 0 Å².